The SMILES string of the molecule is CC(c1ccccc1)N(C)C(=O)C1(c2ccc(F)cc2)CC1CN1CCC(C(=O)N2CCCCC2)(c2ccccc2)CC1. The van der Waals surface area contributed by atoms with E-state index < -0.39 is 10.8 Å². The van der Waals surface area contributed by atoms with E-state index in [1.165, 1.54) is 18.6 Å². The summed E-state index contributed by atoms with van der Waals surface area (Å²) in [5.41, 5.74) is 1.96. The zero-order chi connectivity index (χ0) is 30.0. The number of carbonyl (C=O) groups excluding carboxylic acids is 2. The average molecular weight is 582 g/mol. The number of likely N-dealkylation sites (N-methyl/N-ethyl adjacent to an activating group) is 1. The van der Waals surface area contributed by atoms with Crippen LogP contribution in [-0.2, 0) is 20.4 Å². The van der Waals surface area contributed by atoms with Crippen LogP contribution in [0.4, 0.5) is 4.39 Å². The Hall–Kier alpha value is -3.51. The molecule has 3 aromatic rings. The average Bonchev–Trinajstić information content (AvgIpc) is 3.79. The van der Waals surface area contributed by atoms with Gasteiger partial charge in [0.05, 0.1) is 16.9 Å². The summed E-state index contributed by atoms with van der Waals surface area (Å²) in [5, 5.41) is 0. The Morgan fingerprint density at radius 1 is 0.837 bits per heavy atom. The molecule has 2 heterocycles. The van der Waals surface area contributed by atoms with Crippen LogP contribution in [0.25, 0.3) is 0 Å². The van der Waals surface area contributed by atoms with Crippen LogP contribution in [0, 0.1) is 11.7 Å². The maximum atomic E-state index is 14.3. The smallest absolute Gasteiger partial charge is 0.233 e. The maximum absolute atomic E-state index is 14.3. The van der Waals surface area contributed by atoms with Gasteiger partial charge in [-0.25, -0.2) is 4.39 Å². The van der Waals surface area contributed by atoms with Gasteiger partial charge in [-0.2, -0.15) is 0 Å². The predicted octanol–water partition coefficient (Wildman–Crippen LogP) is 6.35. The fraction of sp³-hybridized carbons (Fsp3) is 0.459. The number of benzene rings is 3. The summed E-state index contributed by atoms with van der Waals surface area (Å²) in [6.45, 7) is 6.20. The van der Waals surface area contributed by atoms with Crippen molar-refractivity contribution < 1.29 is 14.0 Å². The summed E-state index contributed by atoms with van der Waals surface area (Å²) >= 11 is 0. The normalized spacial score (nSPS) is 24.3. The Kier molecular flexibility index (Phi) is 8.41. The van der Waals surface area contributed by atoms with E-state index in [1.54, 1.807) is 12.1 Å². The molecule has 3 aliphatic rings. The third kappa shape index (κ3) is 5.62. The van der Waals surface area contributed by atoms with Gasteiger partial charge in [-0.05, 0) is 93.3 Å². The molecule has 3 unspecified atom stereocenters. The summed E-state index contributed by atoms with van der Waals surface area (Å²) < 4.78 is 14.0. The minimum absolute atomic E-state index is 0.0745. The molecule has 1 aliphatic carbocycles. The standard InChI is InChI=1S/C37H44FN3O2/c1-28(29-12-6-3-7-13-29)39(2)35(43)37(31-16-18-33(38)19-17-31)26-32(37)27-40-24-20-36(21-25-40,30-14-8-4-9-15-30)34(42)41-22-10-5-11-23-41/h3-4,6-9,12-19,28,32H,5,10-11,20-27H2,1-2H3. The lowest BCUT2D eigenvalue weighted by Crippen LogP contribution is -2.54. The Balaban J connectivity index is 1.20. The zero-order valence-corrected chi connectivity index (χ0v) is 25.6. The van der Waals surface area contributed by atoms with E-state index >= 15 is 0 Å². The minimum atomic E-state index is -0.664. The second-order valence-corrected chi connectivity index (χ2v) is 13.0. The van der Waals surface area contributed by atoms with E-state index in [9.17, 15) is 14.0 Å². The van der Waals surface area contributed by atoms with Crippen LogP contribution in [0.15, 0.2) is 84.9 Å². The molecule has 6 rings (SSSR count). The minimum Gasteiger partial charge on any atom is -0.342 e. The van der Waals surface area contributed by atoms with Gasteiger partial charge in [-0.15, -0.1) is 0 Å². The van der Waals surface area contributed by atoms with E-state index in [-0.39, 0.29) is 29.6 Å². The van der Waals surface area contributed by atoms with Crippen LogP contribution in [0.3, 0.4) is 0 Å². The van der Waals surface area contributed by atoms with Crippen LogP contribution in [0.2, 0.25) is 0 Å². The van der Waals surface area contributed by atoms with Crippen molar-refractivity contribution in [2.75, 3.05) is 39.8 Å². The molecule has 43 heavy (non-hydrogen) atoms. The lowest BCUT2D eigenvalue weighted by molar-refractivity contribution is -0.140. The third-order valence-corrected chi connectivity index (χ3v) is 10.6. The fourth-order valence-corrected chi connectivity index (χ4v) is 7.69. The molecule has 1 saturated carbocycles. The fourth-order valence-electron chi connectivity index (χ4n) is 7.69. The Bertz CT molecular complexity index is 1400. The van der Waals surface area contributed by atoms with Crippen molar-refractivity contribution in [2.45, 2.75) is 62.3 Å². The van der Waals surface area contributed by atoms with Crippen LogP contribution in [0.5, 0.6) is 0 Å². The number of halogens is 1. The third-order valence-electron chi connectivity index (χ3n) is 10.6. The number of likely N-dealkylation sites (tertiary alicyclic amines) is 2. The van der Waals surface area contributed by atoms with Crippen molar-refractivity contribution >= 4 is 11.8 Å². The molecule has 3 atom stereocenters. The maximum Gasteiger partial charge on any atom is 0.233 e. The number of amides is 2. The highest BCUT2D eigenvalue weighted by molar-refractivity contribution is 5.92. The van der Waals surface area contributed by atoms with Crippen LogP contribution < -0.4 is 0 Å². The molecular formula is C37H44FN3O2. The second kappa shape index (κ2) is 12.2. The zero-order valence-electron chi connectivity index (χ0n) is 25.6. The van der Waals surface area contributed by atoms with Gasteiger partial charge in [-0.3, -0.25) is 9.59 Å². The Labute approximate surface area is 255 Å². The molecule has 5 nitrogen and oxygen atoms in total. The molecule has 3 aromatic carbocycles. The molecule has 0 bridgehead atoms. The lowest BCUT2D eigenvalue weighted by Gasteiger charge is -2.44. The number of nitrogens with zero attached hydrogens (tertiary/aromatic N) is 3. The molecule has 2 saturated heterocycles. The van der Waals surface area contributed by atoms with Crippen molar-refractivity contribution in [3.63, 3.8) is 0 Å². The monoisotopic (exact) mass is 581 g/mol. The van der Waals surface area contributed by atoms with E-state index in [0.717, 1.165) is 81.5 Å². The number of hydrogen-bond donors (Lipinski definition) is 0. The van der Waals surface area contributed by atoms with Gasteiger partial charge in [-0.1, -0.05) is 72.8 Å². The van der Waals surface area contributed by atoms with Crippen molar-refractivity contribution in [2.24, 2.45) is 5.92 Å². The van der Waals surface area contributed by atoms with E-state index in [4.69, 9.17) is 0 Å². The van der Waals surface area contributed by atoms with Gasteiger partial charge in [0, 0.05) is 26.7 Å². The summed E-state index contributed by atoms with van der Waals surface area (Å²) in [6, 6.07) is 26.9. The first-order valence-corrected chi connectivity index (χ1v) is 16.0. The largest absolute Gasteiger partial charge is 0.342 e. The molecule has 0 radical (unpaired) electrons. The van der Waals surface area contributed by atoms with Crippen molar-refractivity contribution in [1.82, 2.24) is 14.7 Å². The topological polar surface area (TPSA) is 43.9 Å². The molecular weight excluding hydrogens is 537 g/mol. The second-order valence-electron chi connectivity index (χ2n) is 13.0. The molecule has 0 N–H and O–H groups in total. The number of hydrogen-bond acceptors (Lipinski definition) is 3. The highest BCUT2D eigenvalue weighted by Gasteiger charge is 2.62. The van der Waals surface area contributed by atoms with Gasteiger partial charge in [0.25, 0.3) is 0 Å². The number of rotatable bonds is 8. The first kappa shape index (κ1) is 29.6. The predicted molar refractivity (Wildman–Crippen MR) is 168 cm³/mol. The highest BCUT2D eigenvalue weighted by atomic mass is 19.1. The van der Waals surface area contributed by atoms with Crippen molar-refractivity contribution in [3.8, 4) is 0 Å². The van der Waals surface area contributed by atoms with Crippen LogP contribution in [0.1, 0.15) is 68.2 Å². The van der Waals surface area contributed by atoms with Crippen molar-refractivity contribution in [1.29, 1.82) is 0 Å². The van der Waals surface area contributed by atoms with E-state index in [2.05, 4.69) is 41.0 Å². The summed E-state index contributed by atoms with van der Waals surface area (Å²) in [4.78, 5) is 34.8. The Morgan fingerprint density at radius 3 is 2.07 bits per heavy atom. The van der Waals surface area contributed by atoms with Gasteiger partial charge in [0.1, 0.15) is 5.82 Å². The summed E-state index contributed by atoms with van der Waals surface area (Å²) in [7, 11) is 1.89. The molecule has 226 valence electrons. The van der Waals surface area contributed by atoms with E-state index in [1.807, 2.05) is 48.3 Å². The first-order valence-electron chi connectivity index (χ1n) is 16.0. The summed E-state index contributed by atoms with van der Waals surface area (Å²) in [6.07, 6.45) is 5.67. The molecule has 2 amide bonds. The van der Waals surface area contributed by atoms with Crippen LogP contribution in [-0.4, -0.2) is 66.3 Å². The van der Waals surface area contributed by atoms with Gasteiger partial charge < -0.3 is 14.7 Å². The van der Waals surface area contributed by atoms with Gasteiger partial charge in [0.2, 0.25) is 11.8 Å². The van der Waals surface area contributed by atoms with Crippen LogP contribution >= 0.6 is 0 Å². The lowest BCUT2D eigenvalue weighted by atomic mass is 9.71. The highest BCUT2D eigenvalue weighted by Crippen LogP contribution is 2.56. The molecule has 2 aliphatic heterocycles. The van der Waals surface area contributed by atoms with Gasteiger partial charge in [0.15, 0.2) is 0 Å². The quantitative estimate of drug-likeness (QED) is 0.312. The number of piperidine rings is 2. The Morgan fingerprint density at radius 2 is 1.44 bits per heavy atom. The summed E-state index contributed by atoms with van der Waals surface area (Å²) in [5.74, 6) is 0.229. The first-order chi connectivity index (χ1) is 20.8. The van der Waals surface area contributed by atoms with E-state index in [0.29, 0.717) is 0 Å². The van der Waals surface area contributed by atoms with Gasteiger partial charge >= 0.3 is 0 Å². The molecule has 0 spiro atoms. The van der Waals surface area contributed by atoms with Crippen molar-refractivity contribution in [3.05, 3.63) is 107 Å². The molecule has 3 fully saturated rings. The number of carbonyl (C=O) groups is 2. The molecule has 0 aromatic heterocycles. The molecule has 6 heteroatoms.